The van der Waals surface area contributed by atoms with Gasteiger partial charge in [-0.1, -0.05) is 6.07 Å². The molecule has 2 unspecified atom stereocenters. The second-order valence-corrected chi connectivity index (χ2v) is 7.07. The minimum absolute atomic E-state index is 0.204. The van der Waals surface area contributed by atoms with Crippen LogP contribution >= 0.6 is 0 Å². The Morgan fingerprint density at radius 3 is 2.70 bits per heavy atom. The average Bonchev–Trinajstić information content (AvgIpc) is 2.83. The third-order valence-electron chi connectivity index (χ3n) is 3.60. The van der Waals surface area contributed by atoms with Gasteiger partial charge in [0.25, 0.3) is 0 Å². The summed E-state index contributed by atoms with van der Waals surface area (Å²) < 4.78 is 31.9. The molecule has 0 aliphatic carbocycles. The van der Waals surface area contributed by atoms with Gasteiger partial charge in [0, 0.05) is 12.2 Å². The molecule has 5 nitrogen and oxygen atoms in total. The first-order valence-corrected chi connectivity index (χ1v) is 8.34. The number of sulfonamides is 1. The van der Waals surface area contributed by atoms with Gasteiger partial charge in [-0.3, -0.25) is 0 Å². The normalized spacial score (nSPS) is 22.9. The molecule has 1 aliphatic rings. The maximum atomic E-state index is 11.9. The highest BCUT2D eigenvalue weighted by molar-refractivity contribution is 7.89. The molecule has 1 aromatic rings. The van der Waals surface area contributed by atoms with Gasteiger partial charge in [0.2, 0.25) is 10.0 Å². The lowest BCUT2D eigenvalue weighted by Crippen LogP contribution is -2.21. The van der Waals surface area contributed by atoms with E-state index in [9.17, 15) is 8.42 Å². The summed E-state index contributed by atoms with van der Waals surface area (Å²) in [6.45, 7) is 4.56. The smallest absolute Gasteiger partial charge is 0.240 e. The van der Waals surface area contributed by atoms with E-state index >= 15 is 0 Å². The third kappa shape index (κ3) is 3.50. The van der Waals surface area contributed by atoms with Crippen LogP contribution < -0.4 is 10.0 Å². The molecule has 0 spiro atoms. The summed E-state index contributed by atoms with van der Waals surface area (Å²) >= 11 is 0. The van der Waals surface area contributed by atoms with Crippen LogP contribution in [0.25, 0.3) is 0 Å². The van der Waals surface area contributed by atoms with Gasteiger partial charge in [-0.15, -0.1) is 0 Å². The molecule has 0 bridgehead atoms. The molecule has 2 atom stereocenters. The molecular formula is C14H22N2O3S. The lowest BCUT2D eigenvalue weighted by Gasteiger charge is -2.15. The quantitative estimate of drug-likeness (QED) is 0.871. The van der Waals surface area contributed by atoms with Gasteiger partial charge in [0.1, 0.15) is 0 Å². The highest BCUT2D eigenvalue weighted by Gasteiger charge is 2.21. The Hall–Kier alpha value is -1.11. The van der Waals surface area contributed by atoms with E-state index < -0.39 is 10.0 Å². The Bertz CT molecular complexity index is 572. The Balaban J connectivity index is 2.08. The predicted molar refractivity (Wildman–Crippen MR) is 79.5 cm³/mol. The summed E-state index contributed by atoms with van der Waals surface area (Å²) in [6.07, 6.45) is 2.65. The van der Waals surface area contributed by atoms with E-state index in [1.807, 2.05) is 12.1 Å². The minimum Gasteiger partial charge on any atom is -0.382 e. The number of hydrogen-bond donors (Lipinski definition) is 2. The zero-order valence-electron chi connectivity index (χ0n) is 12.1. The van der Waals surface area contributed by atoms with Gasteiger partial charge < -0.3 is 10.1 Å². The number of benzene rings is 1. The van der Waals surface area contributed by atoms with Crippen molar-refractivity contribution in [1.29, 1.82) is 0 Å². The molecule has 0 saturated carbocycles. The summed E-state index contributed by atoms with van der Waals surface area (Å²) in [5, 5.41) is 3.25. The van der Waals surface area contributed by atoms with Crippen molar-refractivity contribution in [2.75, 3.05) is 18.9 Å². The molecule has 112 valence electrons. The van der Waals surface area contributed by atoms with Crippen LogP contribution in [-0.2, 0) is 14.8 Å². The maximum absolute atomic E-state index is 11.9. The Morgan fingerprint density at radius 2 is 2.10 bits per heavy atom. The minimum atomic E-state index is -3.42. The largest absolute Gasteiger partial charge is 0.382 e. The average molecular weight is 298 g/mol. The number of rotatable bonds is 5. The van der Waals surface area contributed by atoms with Crippen molar-refractivity contribution in [1.82, 2.24) is 4.72 Å². The first-order chi connectivity index (χ1) is 9.42. The van der Waals surface area contributed by atoms with E-state index in [0.29, 0.717) is 17.5 Å². The van der Waals surface area contributed by atoms with E-state index in [1.54, 1.807) is 13.0 Å². The molecule has 1 saturated heterocycles. The predicted octanol–water partition coefficient (Wildman–Crippen LogP) is 1.88. The first-order valence-electron chi connectivity index (χ1n) is 6.86. The van der Waals surface area contributed by atoms with Gasteiger partial charge >= 0.3 is 0 Å². The molecule has 0 radical (unpaired) electrons. The molecule has 20 heavy (non-hydrogen) atoms. The fourth-order valence-electron chi connectivity index (χ4n) is 2.38. The second kappa shape index (κ2) is 6.11. The van der Waals surface area contributed by atoms with Crippen molar-refractivity contribution in [2.45, 2.75) is 43.8 Å². The lowest BCUT2D eigenvalue weighted by atomic mass is 10.2. The molecule has 2 N–H and O–H groups in total. The summed E-state index contributed by atoms with van der Waals surface area (Å²) in [6, 6.07) is 5.37. The highest BCUT2D eigenvalue weighted by Crippen LogP contribution is 2.22. The monoisotopic (exact) mass is 298 g/mol. The SMILES string of the molecule is CNS(=O)(=O)c1cc(NCC2CCC(C)O2)ccc1C. The second-order valence-electron chi connectivity index (χ2n) is 5.21. The fraction of sp³-hybridized carbons (Fsp3) is 0.571. The van der Waals surface area contributed by atoms with Crippen molar-refractivity contribution in [2.24, 2.45) is 0 Å². The topological polar surface area (TPSA) is 67.4 Å². The zero-order chi connectivity index (χ0) is 14.8. The Labute approximate surface area is 120 Å². The highest BCUT2D eigenvalue weighted by atomic mass is 32.2. The van der Waals surface area contributed by atoms with Crippen LogP contribution in [0.4, 0.5) is 5.69 Å². The Kier molecular flexibility index (Phi) is 4.67. The molecule has 1 heterocycles. The van der Waals surface area contributed by atoms with Gasteiger partial charge in [-0.25, -0.2) is 13.1 Å². The van der Waals surface area contributed by atoms with Gasteiger partial charge in [0.05, 0.1) is 17.1 Å². The van der Waals surface area contributed by atoms with Crippen LogP contribution in [0.2, 0.25) is 0 Å². The number of aryl methyl sites for hydroxylation is 1. The summed E-state index contributed by atoms with van der Waals surface area (Å²) in [7, 11) is -2.00. The summed E-state index contributed by atoms with van der Waals surface area (Å²) in [5.41, 5.74) is 1.53. The van der Waals surface area contributed by atoms with E-state index in [4.69, 9.17) is 4.74 Å². The molecule has 1 fully saturated rings. The maximum Gasteiger partial charge on any atom is 0.240 e. The number of ether oxygens (including phenoxy) is 1. The van der Waals surface area contributed by atoms with Crippen LogP contribution in [0.1, 0.15) is 25.3 Å². The van der Waals surface area contributed by atoms with Crippen LogP contribution in [-0.4, -0.2) is 34.2 Å². The van der Waals surface area contributed by atoms with Crippen molar-refractivity contribution in [3.05, 3.63) is 23.8 Å². The number of anilines is 1. The molecule has 0 amide bonds. The van der Waals surface area contributed by atoms with Crippen LogP contribution in [0, 0.1) is 6.92 Å². The van der Waals surface area contributed by atoms with Gasteiger partial charge in [-0.05, 0) is 51.4 Å². The van der Waals surface area contributed by atoms with E-state index in [-0.39, 0.29) is 6.10 Å². The van der Waals surface area contributed by atoms with Crippen molar-refractivity contribution in [3.63, 3.8) is 0 Å². The molecule has 0 aromatic heterocycles. The molecule has 1 aliphatic heterocycles. The molecular weight excluding hydrogens is 276 g/mol. The fourth-order valence-corrected chi connectivity index (χ4v) is 3.37. The van der Waals surface area contributed by atoms with E-state index in [1.165, 1.54) is 7.05 Å². The zero-order valence-corrected chi connectivity index (χ0v) is 13.0. The lowest BCUT2D eigenvalue weighted by molar-refractivity contribution is 0.0637. The van der Waals surface area contributed by atoms with Gasteiger partial charge in [-0.2, -0.15) is 0 Å². The van der Waals surface area contributed by atoms with Crippen LogP contribution in [0.5, 0.6) is 0 Å². The van der Waals surface area contributed by atoms with Crippen molar-refractivity contribution >= 4 is 15.7 Å². The number of nitrogens with one attached hydrogen (secondary N) is 2. The summed E-state index contributed by atoms with van der Waals surface area (Å²) in [5.74, 6) is 0. The number of hydrogen-bond acceptors (Lipinski definition) is 4. The molecule has 1 aromatic carbocycles. The third-order valence-corrected chi connectivity index (χ3v) is 5.16. The van der Waals surface area contributed by atoms with E-state index in [2.05, 4.69) is 17.0 Å². The van der Waals surface area contributed by atoms with Crippen molar-refractivity contribution < 1.29 is 13.2 Å². The van der Waals surface area contributed by atoms with Gasteiger partial charge in [0.15, 0.2) is 0 Å². The van der Waals surface area contributed by atoms with Crippen molar-refractivity contribution in [3.8, 4) is 0 Å². The molecule has 2 rings (SSSR count). The first kappa shape index (κ1) is 15.3. The van der Waals surface area contributed by atoms with Crippen LogP contribution in [0.15, 0.2) is 23.1 Å². The van der Waals surface area contributed by atoms with E-state index in [0.717, 1.165) is 24.1 Å². The summed E-state index contributed by atoms with van der Waals surface area (Å²) in [4.78, 5) is 0.311. The van der Waals surface area contributed by atoms with Crippen LogP contribution in [0.3, 0.4) is 0 Å². The Morgan fingerprint density at radius 1 is 1.35 bits per heavy atom. The standard InChI is InChI=1S/C14H22N2O3S/c1-10-4-6-12(8-14(10)20(17,18)15-3)16-9-13-7-5-11(2)19-13/h4,6,8,11,13,15-16H,5,7,9H2,1-3H3. The molecule has 6 heteroatoms.